The van der Waals surface area contributed by atoms with Crippen molar-refractivity contribution in [2.75, 3.05) is 11.9 Å². The molecule has 35 heavy (non-hydrogen) atoms. The molecule has 3 amide bonds. The lowest BCUT2D eigenvalue weighted by molar-refractivity contribution is -0.127. The van der Waals surface area contributed by atoms with Crippen LogP contribution in [0.3, 0.4) is 0 Å². The van der Waals surface area contributed by atoms with Gasteiger partial charge in [0.2, 0.25) is 5.91 Å². The number of rotatable bonds is 7. The molecule has 0 aromatic heterocycles. The van der Waals surface area contributed by atoms with E-state index >= 15 is 0 Å². The van der Waals surface area contributed by atoms with Crippen LogP contribution in [0.4, 0.5) is 14.9 Å². The first-order valence-electron chi connectivity index (χ1n) is 10.9. The molecule has 4 rings (SSSR count). The van der Waals surface area contributed by atoms with Crippen LogP contribution in [0.1, 0.15) is 22.3 Å². The van der Waals surface area contributed by atoms with E-state index in [1.807, 2.05) is 26.0 Å². The zero-order valence-corrected chi connectivity index (χ0v) is 20.0. The molecule has 0 unspecified atom stereocenters. The number of benzene rings is 3. The van der Waals surface area contributed by atoms with Crippen LogP contribution in [0.25, 0.3) is 6.08 Å². The normalized spacial score (nSPS) is 14.5. The van der Waals surface area contributed by atoms with E-state index in [0.717, 1.165) is 33.4 Å². The van der Waals surface area contributed by atoms with Crippen molar-refractivity contribution in [2.45, 2.75) is 20.5 Å². The van der Waals surface area contributed by atoms with Crippen LogP contribution in [0.15, 0.2) is 71.6 Å². The molecule has 1 fully saturated rings. The lowest BCUT2D eigenvalue weighted by atomic mass is 10.1. The minimum atomic E-state index is -0.520. The number of imide groups is 1. The summed E-state index contributed by atoms with van der Waals surface area (Å²) in [5.41, 5.74) is 4.23. The SMILES string of the molecule is Cc1ccc(NC(=O)CN2C(=O)S/C(=C/c3cccc(OCc4ccc(F)cc4)c3)C2=O)cc1C. The Kier molecular flexibility index (Phi) is 7.31. The van der Waals surface area contributed by atoms with E-state index in [1.54, 1.807) is 48.5 Å². The molecule has 1 N–H and O–H groups in total. The first-order chi connectivity index (χ1) is 16.8. The molecule has 0 bridgehead atoms. The number of nitrogens with zero attached hydrogens (tertiary/aromatic N) is 1. The molecule has 8 heteroatoms. The molecular weight excluding hydrogens is 467 g/mol. The number of aryl methyl sites for hydroxylation is 2. The predicted octanol–water partition coefficient (Wildman–Crippen LogP) is 5.70. The molecule has 1 aliphatic rings. The minimum absolute atomic E-state index is 0.227. The summed E-state index contributed by atoms with van der Waals surface area (Å²) in [5.74, 6) is -0.719. The Labute approximate surface area is 206 Å². The number of nitrogens with one attached hydrogen (secondary N) is 1. The maximum atomic E-state index is 13.1. The second-order valence-corrected chi connectivity index (χ2v) is 9.10. The first kappa shape index (κ1) is 24.2. The highest BCUT2D eigenvalue weighted by molar-refractivity contribution is 8.18. The maximum absolute atomic E-state index is 13.1. The topological polar surface area (TPSA) is 75.7 Å². The van der Waals surface area contributed by atoms with Gasteiger partial charge in [-0.2, -0.15) is 0 Å². The van der Waals surface area contributed by atoms with E-state index in [4.69, 9.17) is 4.74 Å². The van der Waals surface area contributed by atoms with Crippen molar-refractivity contribution in [3.8, 4) is 5.75 Å². The average molecular weight is 491 g/mol. The molecule has 1 heterocycles. The molecule has 1 saturated heterocycles. The van der Waals surface area contributed by atoms with Gasteiger partial charge in [-0.1, -0.05) is 30.3 Å². The number of carbonyl (C=O) groups excluding carboxylic acids is 3. The third kappa shape index (κ3) is 6.16. The number of halogens is 1. The lowest BCUT2D eigenvalue weighted by Gasteiger charge is -2.13. The summed E-state index contributed by atoms with van der Waals surface area (Å²) in [5, 5.41) is 2.23. The summed E-state index contributed by atoms with van der Waals surface area (Å²) in [6, 6.07) is 18.6. The van der Waals surface area contributed by atoms with Gasteiger partial charge < -0.3 is 10.1 Å². The Balaban J connectivity index is 1.39. The molecule has 0 aliphatic carbocycles. The predicted molar refractivity (Wildman–Crippen MR) is 134 cm³/mol. The van der Waals surface area contributed by atoms with Crippen molar-refractivity contribution in [2.24, 2.45) is 0 Å². The molecule has 6 nitrogen and oxygen atoms in total. The molecule has 3 aromatic carbocycles. The fourth-order valence-corrected chi connectivity index (χ4v) is 4.23. The summed E-state index contributed by atoms with van der Waals surface area (Å²) in [7, 11) is 0. The molecule has 178 valence electrons. The van der Waals surface area contributed by atoms with Gasteiger partial charge in [0, 0.05) is 5.69 Å². The number of hydrogen-bond donors (Lipinski definition) is 1. The molecule has 3 aromatic rings. The second-order valence-electron chi connectivity index (χ2n) is 8.10. The van der Waals surface area contributed by atoms with E-state index in [-0.39, 0.29) is 23.9 Å². The Hall–Kier alpha value is -3.91. The van der Waals surface area contributed by atoms with Gasteiger partial charge in [-0.3, -0.25) is 19.3 Å². The van der Waals surface area contributed by atoms with E-state index in [2.05, 4.69) is 5.32 Å². The first-order valence-corrected chi connectivity index (χ1v) is 11.7. The van der Waals surface area contributed by atoms with Crippen LogP contribution >= 0.6 is 11.8 Å². The highest BCUT2D eigenvalue weighted by Gasteiger charge is 2.36. The number of hydrogen-bond acceptors (Lipinski definition) is 5. The van der Waals surface area contributed by atoms with Gasteiger partial charge in [0.15, 0.2) is 0 Å². The number of amides is 3. The minimum Gasteiger partial charge on any atom is -0.489 e. The van der Waals surface area contributed by atoms with Crippen molar-refractivity contribution in [3.63, 3.8) is 0 Å². The Morgan fingerprint density at radius 2 is 1.80 bits per heavy atom. The summed E-state index contributed by atoms with van der Waals surface area (Å²) < 4.78 is 18.8. The van der Waals surface area contributed by atoms with E-state index in [9.17, 15) is 18.8 Å². The Morgan fingerprint density at radius 3 is 2.54 bits per heavy atom. The molecule has 1 aliphatic heterocycles. The van der Waals surface area contributed by atoms with Crippen molar-refractivity contribution >= 4 is 40.6 Å². The van der Waals surface area contributed by atoms with Crippen LogP contribution in [0, 0.1) is 19.7 Å². The maximum Gasteiger partial charge on any atom is 0.294 e. The van der Waals surface area contributed by atoms with E-state index < -0.39 is 17.1 Å². The van der Waals surface area contributed by atoms with Gasteiger partial charge in [-0.05, 0) is 90.3 Å². The molecule has 0 atom stereocenters. The average Bonchev–Trinajstić information content (AvgIpc) is 3.08. The fourth-order valence-electron chi connectivity index (χ4n) is 3.39. The monoisotopic (exact) mass is 490 g/mol. The Morgan fingerprint density at radius 1 is 1.03 bits per heavy atom. The van der Waals surface area contributed by atoms with Crippen LogP contribution in [0.2, 0.25) is 0 Å². The van der Waals surface area contributed by atoms with Crippen molar-refractivity contribution < 1.29 is 23.5 Å². The molecular formula is C27H23FN2O4S. The summed E-state index contributed by atoms with van der Waals surface area (Å²) in [4.78, 5) is 38.8. The third-order valence-corrected chi connectivity index (χ3v) is 6.35. The van der Waals surface area contributed by atoms with E-state index in [0.29, 0.717) is 17.0 Å². The Bertz CT molecular complexity index is 1320. The summed E-state index contributed by atoms with van der Waals surface area (Å²) in [6.07, 6.45) is 1.59. The van der Waals surface area contributed by atoms with Crippen LogP contribution in [-0.2, 0) is 16.2 Å². The third-order valence-electron chi connectivity index (χ3n) is 5.44. The largest absolute Gasteiger partial charge is 0.489 e. The number of carbonyl (C=O) groups is 3. The molecule has 0 spiro atoms. The lowest BCUT2D eigenvalue weighted by Crippen LogP contribution is -2.36. The van der Waals surface area contributed by atoms with Gasteiger partial charge in [0.1, 0.15) is 24.7 Å². The van der Waals surface area contributed by atoms with E-state index in [1.165, 1.54) is 12.1 Å². The van der Waals surface area contributed by atoms with Crippen LogP contribution < -0.4 is 10.1 Å². The quantitative estimate of drug-likeness (QED) is 0.430. The summed E-state index contributed by atoms with van der Waals surface area (Å²) >= 11 is 0.789. The van der Waals surface area contributed by atoms with Crippen LogP contribution in [0.5, 0.6) is 5.75 Å². The standard InChI is InChI=1S/C27H23FN2O4S/c1-17-6-11-22(12-18(17)2)29-25(31)15-30-26(32)24(35-27(30)33)14-20-4-3-5-23(13-20)34-16-19-7-9-21(28)10-8-19/h3-14H,15-16H2,1-2H3,(H,29,31)/b24-14+. The summed E-state index contributed by atoms with van der Waals surface area (Å²) in [6.45, 7) is 3.81. The van der Waals surface area contributed by atoms with Gasteiger partial charge in [0.25, 0.3) is 11.1 Å². The molecule has 0 radical (unpaired) electrons. The second kappa shape index (κ2) is 10.6. The van der Waals surface area contributed by atoms with Crippen molar-refractivity contribution in [3.05, 3.63) is 99.7 Å². The zero-order chi connectivity index (χ0) is 24.9. The number of anilines is 1. The zero-order valence-electron chi connectivity index (χ0n) is 19.2. The van der Waals surface area contributed by atoms with Gasteiger partial charge in [-0.25, -0.2) is 4.39 Å². The highest BCUT2D eigenvalue weighted by atomic mass is 32.2. The highest BCUT2D eigenvalue weighted by Crippen LogP contribution is 2.32. The fraction of sp³-hybridized carbons (Fsp3) is 0.148. The van der Waals surface area contributed by atoms with Crippen molar-refractivity contribution in [1.82, 2.24) is 4.90 Å². The number of thioether (sulfide) groups is 1. The number of ether oxygens (including phenoxy) is 1. The van der Waals surface area contributed by atoms with Crippen molar-refractivity contribution in [1.29, 1.82) is 0 Å². The van der Waals surface area contributed by atoms with Gasteiger partial charge in [-0.15, -0.1) is 0 Å². The molecule has 0 saturated carbocycles. The van der Waals surface area contributed by atoms with Gasteiger partial charge >= 0.3 is 0 Å². The van der Waals surface area contributed by atoms with Crippen LogP contribution in [-0.4, -0.2) is 28.5 Å². The van der Waals surface area contributed by atoms with Gasteiger partial charge in [0.05, 0.1) is 4.91 Å². The smallest absolute Gasteiger partial charge is 0.294 e.